The SMILES string of the molecule is C[C@@]1(O)[C@H](O)[C@@H](CO)O[C@H]1n1cnc2c(NCCO)ncnc21. The van der Waals surface area contributed by atoms with Crippen molar-refractivity contribution in [2.75, 3.05) is 25.1 Å². The number of ether oxygens (including phenoxy) is 1. The number of fused-ring (bicyclic) bond motifs is 1. The molecule has 3 rings (SSSR count). The van der Waals surface area contributed by atoms with Crippen molar-refractivity contribution in [3.8, 4) is 0 Å². The van der Waals surface area contributed by atoms with Gasteiger partial charge < -0.3 is 30.5 Å². The van der Waals surface area contributed by atoms with Gasteiger partial charge in [0.25, 0.3) is 0 Å². The number of aromatic nitrogens is 4. The molecule has 1 fully saturated rings. The van der Waals surface area contributed by atoms with E-state index in [2.05, 4.69) is 20.3 Å². The summed E-state index contributed by atoms with van der Waals surface area (Å²) >= 11 is 0. The summed E-state index contributed by atoms with van der Waals surface area (Å²) in [5.74, 6) is 0.444. The Labute approximate surface area is 131 Å². The molecule has 1 aliphatic heterocycles. The van der Waals surface area contributed by atoms with E-state index in [9.17, 15) is 15.3 Å². The van der Waals surface area contributed by atoms with Crippen LogP contribution >= 0.6 is 0 Å². The zero-order valence-electron chi connectivity index (χ0n) is 12.5. The molecule has 0 saturated carbocycles. The molecule has 0 spiro atoms. The molecule has 0 aliphatic carbocycles. The second-order valence-electron chi connectivity index (χ2n) is 5.58. The maximum Gasteiger partial charge on any atom is 0.168 e. The average molecular weight is 325 g/mol. The highest BCUT2D eigenvalue weighted by Gasteiger charge is 2.53. The first-order chi connectivity index (χ1) is 11.0. The monoisotopic (exact) mass is 325 g/mol. The van der Waals surface area contributed by atoms with Crippen LogP contribution in [0, 0.1) is 0 Å². The van der Waals surface area contributed by atoms with E-state index in [0.717, 1.165) is 0 Å². The maximum atomic E-state index is 10.5. The van der Waals surface area contributed by atoms with Gasteiger partial charge in [0.05, 0.1) is 19.5 Å². The second-order valence-corrected chi connectivity index (χ2v) is 5.58. The van der Waals surface area contributed by atoms with Crippen LogP contribution in [0.15, 0.2) is 12.7 Å². The molecule has 10 nitrogen and oxygen atoms in total. The lowest BCUT2D eigenvalue weighted by Crippen LogP contribution is -2.44. The van der Waals surface area contributed by atoms with Crippen molar-refractivity contribution < 1.29 is 25.2 Å². The van der Waals surface area contributed by atoms with Gasteiger partial charge in [0.1, 0.15) is 24.1 Å². The fraction of sp³-hybridized carbons (Fsp3) is 0.615. The van der Waals surface area contributed by atoms with Crippen LogP contribution in [0.1, 0.15) is 13.2 Å². The highest BCUT2D eigenvalue weighted by Crippen LogP contribution is 2.39. The van der Waals surface area contributed by atoms with E-state index in [0.29, 0.717) is 23.5 Å². The lowest BCUT2D eigenvalue weighted by molar-refractivity contribution is -0.0950. The number of hydrogen-bond donors (Lipinski definition) is 5. The van der Waals surface area contributed by atoms with E-state index in [4.69, 9.17) is 9.84 Å². The molecule has 23 heavy (non-hydrogen) atoms. The van der Waals surface area contributed by atoms with Gasteiger partial charge in [0, 0.05) is 6.54 Å². The zero-order chi connectivity index (χ0) is 16.6. The molecule has 4 atom stereocenters. The standard InChI is InChI=1S/C13H19N5O5/c1-13(22)9(21)7(4-20)23-12(13)18-6-17-8-10(14-2-3-19)15-5-16-11(8)18/h5-7,9,12,19-22H,2-4H2,1H3,(H,14,15,16)/t7-,9-,12-,13-/m1/s1. The third-order valence-electron chi connectivity index (χ3n) is 3.95. The molecule has 2 aromatic heterocycles. The van der Waals surface area contributed by atoms with Gasteiger partial charge in [-0.2, -0.15) is 0 Å². The molecule has 0 amide bonds. The maximum absolute atomic E-state index is 10.5. The molecule has 2 aromatic rings. The van der Waals surface area contributed by atoms with Gasteiger partial charge in [0.2, 0.25) is 0 Å². The van der Waals surface area contributed by atoms with E-state index >= 15 is 0 Å². The molecule has 0 aromatic carbocycles. The Balaban J connectivity index is 2.01. The molecule has 1 aliphatic rings. The van der Waals surface area contributed by atoms with Crippen molar-refractivity contribution in [1.29, 1.82) is 0 Å². The Morgan fingerprint density at radius 1 is 1.35 bits per heavy atom. The Morgan fingerprint density at radius 2 is 2.13 bits per heavy atom. The smallest absolute Gasteiger partial charge is 0.168 e. The lowest BCUT2D eigenvalue weighted by Gasteiger charge is -2.27. The first-order valence-corrected chi connectivity index (χ1v) is 7.19. The molecule has 10 heteroatoms. The van der Waals surface area contributed by atoms with Crippen LogP contribution in [0.2, 0.25) is 0 Å². The normalized spacial score (nSPS) is 30.9. The van der Waals surface area contributed by atoms with E-state index in [1.165, 1.54) is 24.1 Å². The molecule has 3 heterocycles. The van der Waals surface area contributed by atoms with Crippen LogP contribution in [0.25, 0.3) is 11.2 Å². The van der Waals surface area contributed by atoms with E-state index in [1.54, 1.807) is 0 Å². The number of nitrogens with one attached hydrogen (secondary N) is 1. The number of nitrogens with zero attached hydrogens (tertiary/aromatic N) is 4. The third kappa shape index (κ3) is 2.54. The molecule has 0 radical (unpaired) electrons. The van der Waals surface area contributed by atoms with E-state index in [1.807, 2.05) is 0 Å². The molecular formula is C13H19N5O5. The zero-order valence-corrected chi connectivity index (χ0v) is 12.5. The fourth-order valence-electron chi connectivity index (χ4n) is 2.72. The Kier molecular flexibility index (Phi) is 4.17. The number of aliphatic hydroxyl groups is 4. The van der Waals surface area contributed by atoms with Crippen LogP contribution < -0.4 is 5.32 Å². The minimum Gasteiger partial charge on any atom is -0.395 e. The molecule has 0 unspecified atom stereocenters. The summed E-state index contributed by atoms with van der Waals surface area (Å²) in [5, 5.41) is 41.7. The molecule has 5 N–H and O–H groups in total. The minimum atomic E-state index is -1.62. The molecular weight excluding hydrogens is 306 g/mol. The summed E-state index contributed by atoms with van der Waals surface area (Å²) in [6.07, 6.45) is -0.357. The van der Waals surface area contributed by atoms with Gasteiger partial charge >= 0.3 is 0 Å². The summed E-state index contributed by atoms with van der Waals surface area (Å²) < 4.78 is 7.05. The van der Waals surface area contributed by atoms with Gasteiger partial charge in [-0.3, -0.25) is 4.57 Å². The molecule has 1 saturated heterocycles. The number of aliphatic hydroxyl groups excluding tert-OH is 3. The van der Waals surface area contributed by atoms with Gasteiger partial charge in [-0.1, -0.05) is 0 Å². The summed E-state index contributed by atoms with van der Waals surface area (Å²) in [6.45, 7) is 1.26. The summed E-state index contributed by atoms with van der Waals surface area (Å²) in [5.41, 5.74) is -0.774. The fourth-order valence-corrected chi connectivity index (χ4v) is 2.72. The summed E-state index contributed by atoms with van der Waals surface area (Å²) in [4.78, 5) is 12.4. The van der Waals surface area contributed by atoms with Crippen LogP contribution in [0.3, 0.4) is 0 Å². The average Bonchev–Trinajstić information content (AvgIpc) is 3.06. The Hall–Kier alpha value is -1.85. The van der Waals surface area contributed by atoms with Crippen LogP contribution in [0.5, 0.6) is 0 Å². The van der Waals surface area contributed by atoms with Crippen LogP contribution in [-0.2, 0) is 4.74 Å². The first kappa shape index (κ1) is 16.0. The topological polar surface area (TPSA) is 146 Å². The van der Waals surface area contributed by atoms with E-state index in [-0.39, 0.29) is 6.61 Å². The summed E-state index contributed by atoms with van der Waals surface area (Å²) in [7, 11) is 0. The van der Waals surface area contributed by atoms with Crippen molar-refractivity contribution in [3.63, 3.8) is 0 Å². The first-order valence-electron chi connectivity index (χ1n) is 7.19. The Bertz CT molecular complexity index is 690. The van der Waals surface area contributed by atoms with Gasteiger partial charge in [-0.05, 0) is 6.92 Å². The van der Waals surface area contributed by atoms with E-state index < -0.39 is 30.6 Å². The minimum absolute atomic E-state index is 0.0585. The highest BCUT2D eigenvalue weighted by atomic mass is 16.6. The van der Waals surface area contributed by atoms with Crippen molar-refractivity contribution in [3.05, 3.63) is 12.7 Å². The number of anilines is 1. The quantitative estimate of drug-likeness (QED) is 0.431. The largest absolute Gasteiger partial charge is 0.395 e. The van der Waals surface area contributed by atoms with Crippen molar-refractivity contribution in [2.24, 2.45) is 0 Å². The lowest BCUT2D eigenvalue weighted by atomic mass is 9.96. The third-order valence-corrected chi connectivity index (χ3v) is 3.95. The number of hydrogen-bond acceptors (Lipinski definition) is 9. The van der Waals surface area contributed by atoms with Crippen molar-refractivity contribution in [1.82, 2.24) is 19.5 Å². The molecule has 126 valence electrons. The second kappa shape index (κ2) is 5.98. The van der Waals surface area contributed by atoms with Gasteiger partial charge in [-0.15, -0.1) is 0 Å². The number of rotatable bonds is 5. The molecule has 0 bridgehead atoms. The number of imidazole rings is 1. The highest BCUT2D eigenvalue weighted by molar-refractivity contribution is 5.82. The van der Waals surface area contributed by atoms with Crippen LogP contribution in [-0.4, -0.2) is 77.5 Å². The van der Waals surface area contributed by atoms with Gasteiger partial charge in [-0.25, -0.2) is 15.0 Å². The predicted molar refractivity (Wildman–Crippen MR) is 78.5 cm³/mol. The van der Waals surface area contributed by atoms with Crippen LogP contribution in [0.4, 0.5) is 5.82 Å². The van der Waals surface area contributed by atoms with Crippen molar-refractivity contribution in [2.45, 2.75) is 31.0 Å². The predicted octanol–water partition coefficient (Wildman–Crippen LogP) is -1.77. The van der Waals surface area contributed by atoms with Crippen molar-refractivity contribution >= 4 is 17.0 Å². The Morgan fingerprint density at radius 3 is 2.78 bits per heavy atom. The van der Waals surface area contributed by atoms with Gasteiger partial charge in [0.15, 0.2) is 23.2 Å². The summed E-state index contributed by atoms with van der Waals surface area (Å²) in [6, 6.07) is 0.